The third kappa shape index (κ3) is 4.10. The summed E-state index contributed by atoms with van der Waals surface area (Å²) in [5, 5.41) is 2.76. The van der Waals surface area contributed by atoms with Crippen LogP contribution >= 0.6 is 0 Å². The van der Waals surface area contributed by atoms with E-state index in [1.807, 2.05) is 31.2 Å². The van der Waals surface area contributed by atoms with Crippen molar-refractivity contribution < 1.29 is 9.53 Å². The summed E-state index contributed by atoms with van der Waals surface area (Å²) >= 11 is 0. The van der Waals surface area contributed by atoms with E-state index in [0.717, 1.165) is 11.3 Å². The normalized spacial score (nSPS) is 9.95. The molecule has 0 atom stereocenters. The Hall–Kier alpha value is -2.36. The molecule has 4 heteroatoms. The van der Waals surface area contributed by atoms with Crippen LogP contribution in [0.3, 0.4) is 0 Å². The van der Waals surface area contributed by atoms with E-state index < -0.39 is 0 Å². The van der Waals surface area contributed by atoms with Crippen LogP contribution in [-0.2, 0) is 0 Å². The smallest absolute Gasteiger partial charge is 0.269 e. The highest BCUT2D eigenvalue weighted by molar-refractivity contribution is 5.92. The lowest BCUT2D eigenvalue weighted by Gasteiger charge is -2.07. The molecule has 98 valence electrons. The van der Waals surface area contributed by atoms with Gasteiger partial charge in [-0.3, -0.25) is 9.78 Å². The van der Waals surface area contributed by atoms with E-state index in [1.54, 1.807) is 24.4 Å². The van der Waals surface area contributed by atoms with Gasteiger partial charge in [0.2, 0.25) is 0 Å². The van der Waals surface area contributed by atoms with Crippen molar-refractivity contribution in [3.05, 3.63) is 59.9 Å². The van der Waals surface area contributed by atoms with E-state index in [9.17, 15) is 4.79 Å². The number of ether oxygens (including phenoxy) is 1. The van der Waals surface area contributed by atoms with Gasteiger partial charge in [0.25, 0.3) is 5.91 Å². The van der Waals surface area contributed by atoms with Crippen LogP contribution in [-0.4, -0.2) is 24.0 Å². The van der Waals surface area contributed by atoms with E-state index in [0.29, 0.717) is 18.8 Å². The van der Waals surface area contributed by atoms with Gasteiger partial charge in [0.15, 0.2) is 0 Å². The number of hydrogen-bond acceptors (Lipinski definition) is 3. The first kappa shape index (κ1) is 13.1. The fraction of sp³-hybridized carbons (Fsp3) is 0.200. The molecule has 1 amide bonds. The number of carbonyl (C=O) groups excluding carboxylic acids is 1. The van der Waals surface area contributed by atoms with Crippen molar-refractivity contribution in [2.45, 2.75) is 6.92 Å². The summed E-state index contributed by atoms with van der Waals surface area (Å²) in [6.45, 7) is 2.89. The Morgan fingerprint density at radius 3 is 2.89 bits per heavy atom. The second kappa shape index (κ2) is 6.54. The number of benzene rings is 1. The number of pyridine rings is 1. The van der Waals surface area contributed by atoms with E-state index in [-0.39, 0.29) is 5.91 Å². The van der Waals surface area contributed by atoms with Crippen molar-refractivity contribution in [3.8, 4) is 5.75 Å². The Morgan fingerprint density at radius 2 is 2.16 bits per heavy atom. The zero-order chi connectivity index (χ0) is 13.5. The molecule has 2 rings (SSSR count). The monoisotopic (exact) mass is 256 g/mol. The summed E-state index contributed by atoms with van der Waals surface area (Å²) in [7, 11) is 0. The summed E-state index contributed by atoms with van der Waals surface area (Å²) in [6, 6.07) is 13.0. The van der Waals surface area contributed by atoms with Crippen molar-refractivity contribution in [3.63, 3.8) is 0 Å². The third-order valence-electron chi connectivity index (χ3n) is 2.54. The van der Waals surface area contributed by atoms with Gasteiger partial charge in [-0.1, -0.05) is 18.2 Å². The van der Waals surface area contributed by atoms with Crippen LogP contribution in [0, 0.1) is 6.92 Å². The number of aromatic nitrogens is 1. The molecule has 1 aromatic carbocycles. The molecule has 1 aromatic heterocycles. The number of amides is 1. The minimum absolute atomic E-state index is 0.187. The minimum Gasteiger partial charge on any atom is -0.492 e. The largest absolute Gasteiger partial charge is 0.492 e. The first-order chi connectivity index (χ1) is 9.25. The molecular weight excluding hydrogens is 240 g/mol. The molecule has 0 spiro atoms. The topological polar surface area (TPSA) is 51.2 Å². The highest BCUT2D eigenvalue weighted by atomic mass is 16.5. The van der Waals surface area contributed by atoms with Crippen LogP contribution in [0.2, 0.25) is 0 Å². The van der Waals surface area contributed by atoms with E-state index in [4.69, 9.17) is 4.74 Å². The molecule has 0 aliphatic carbocycles. The molecule has 19 heavy (non-hydrogen) atoms. The average Bonchev–Trinajstić information content (AvgIpc) is 2.44. The molecule has 2 aromatic rings. The predicted molar refractivity (Wildman–Crippen MR) is 73.2 cm³/mol. The van der Waals surface area contributed by atoms with Gasteiger partial charge in [-0.15, -0.1) is 0 Å². The second-order valence-corrected chi connectivity index (χ2v) is 4.14. The summed E-state index contributed by atoms with van der Waals surface area (Å²) in [5.41, 5.74) is 1.56. The van der Waals surface area contributed by atoms with Crippen LogP contribution < -0.4 is 10.1 Å². The summed E-state index contributed by atoms with van der Waals surface area (Å²) in [5.74, 6) is 0.625. The molecule has 1 heterocycles. The van der Waals surface area contributed by atoms with Crippen LogP contribution in [0.5, 0.6) is 5.75 Å². The van der Waals surface area contributed by atoms with Crippen molar-refractivity contribution in [1.29, 1.82) is 0 Å². The van der Waals surface area contributed by atoms with Gasteiger partial charge in [-0.05, 0) is 36.8 Å². The van der Waals surface area contributed by atoms with Gasteiger partial charge in [-0.2, -0.15) is 0 Å². The quantitative estimate of drug-likeness (QED) is 0.834. The van der Waals surface area contributed by atoms with Crippen molar-refractivity contribution in [2.24, 2.45) is 0 Å². The zero-order valence-corrected chi connectivity index (χ0v) is 10.8. The number of rotatable bonds is 5. The lowest BCUT2D eigenvalue weighted by Crippen LogP contribution is -2.28. The average molecular weight is 256 g/mol. The molecule has 0 unspecified atom stereocenters. The number of nitrogens with zero attached hydrogens (tertiary/aromatic N) is 1. The Balaban J connectivity index is 1.74. The van der Waals surface area contributed by atoms with Gasteiger partial charge >= 0.3 is 0 Å². The first-order valence-electron chi connectivity index (χ1n) is 6.14. The summed E-state index contributed by atoms with van der Waals surface area (Å²) < 4.78 is 5.54. The maximum atomic E-state index is 11.7. The number of carbonyl (C=O) groups is 1. The highest BCUT2D eigenvalue weighted by Gasteiger charge is 2.04. The molecule has 0 radical (unpaired) electrons. The van der Waals surface area contributed by atoms with Crippen LogP contribution in [0.25, 0.3) is 0 Å². The number of hydrogen-bond donors (Lipinski definition) is 1. The highest BCUT2D eigenvalue weighted by Crippen LogP contribution is 2.11. The van der Waals surface area contributed by atoms with Gasteiger partial charge in [0.1, 0.15) is 18.1 Å². The Bertz CT molecular complexity index is 541. The van der Waals surface area contributed by atoms with Crippen molar-refractivity contribution in [2.75, 3.05) is 13.2 Å². The molecule has 1 N–H and O–H groups in total. The second-order valence-electron chi connectivity index (χ2n) is 4.14. The molecule has 0 fully saturated rings. The van der Waals surface area contributed by atoms with E-state index in [1.165, 1.54) is 0 Å². The molecular formula is C15H16N2O2. The Labute approximate surface area is 112 Å². The zero-order valence-electron chi connectivity index (χ0n) is 10.8. The van der Waals surface area contributed by atoms with Crippen molar-refractivity contribution in [1.82, 2.24) is 10.3 Å². The van der Waals surface area contributed by atoms with Gasteiger partial charge in [0, 0.05) is 6.20 Å². The van der Waals surface area contributed by atoms with E-state index >= 15 is 0 Å². The van der Waals surface area contributed by atoms with Crippen LogP contribution in [0.1, 0.15) is 16.1 Å². The fourth-order valence-corrected chi connectivity index (χ4v) is 1.63. The molecule has 0 aliphatic heterocycles. The SMILES string of the molecule is Cc1cccc(OCCNC(=O)c2ccccn2)c1. The van der Waals surface area contributed by atoms with E-state index in [2.05, 4.69) is 10.3 Å². The predicted octanol–water partition coefficient (Wildman–Crippen LogP) is 2.20. The molecule has 4 nitrogen and oxygen atoms in total. The van der Waals surface area contributed by atoms with Gasteiger partial charge in [-0.25, -0.2) is 0 Å². The third-order valence-corrected chi connectivity index (χ3v) is 2.54. The van der Waals surface area contributed by atoms with Crippen molar-refractivity contribution >= 4 is 5.91 Å². The molecule has 0 saturated heterocycles. The molecule has 0 aliphatic rings. The van der Waals surface area contributed by atoms with Crippen LogP contribution in [0.15, 0.2) is 48.7 Å². The molecule has 0 saturated carbocycles. The minimum atomic E-state index is -0.187. The maximum absolute atomic E-state index is 11.7. The summed E-state index contributed by atoms with van der Waals surface area (Å²) in [6.07, 6.45) is 1.60. The lowest BCUT2D eigenvalue weighted by atomic mass is 10.2. The number of nitrogens with one attached hydrogen (secondary N) is 1. The standard InChI is InChI=1S/C15H16N2O2/c1-12-5-4-6-13(11-12)19-10-9-17-15(18)14-7-2-3-8-16-14/h2-8,11H,9-10H2,1H3,(H,17,18). The van der Waals surface area contributed by atoms with Gasteiger partial charge in [0.05, 0.1) is 6.54 Å². The fourth-order valence-electron chi connectivity index (χ4n) is 1.63. The Morgan fingerprint density at radius 1 is 1.26 bits per heavy atom. The lowest BCUT2D eigenvalue weighted by molar-refractivity contribution is 0.0942. The maximum Gasteiger partial charge on any atom is 0.269 e. The summed E-state index contributed by atoms with van der Waals surface area (Å²) in [4.78, 5) is 15.7. The van der Waals surface area contributed by atoms with Gasteiger partial charge < -0.3 is 10.1 Å². The van der Waals surface area contributed by atoms with Crippen LogP contribution in [0.4, 0.5) is 0 Å². The first-order valence-corrected chi connectivity index (χ1v) is 6.14. The molecule has 0 bridgehead atoms. The number of aryl methyl sites for hydroxylation is 1. The Kier molecular flexibility index (Phi) is 4.50.